The predicted molar refractivity (Wildman–Crippen MR) is 40.1 cm³/mol. The van der Waals surface area contributed by atoms with Crippen LogP contribution in [0, 0.1) is 0 Å². The topological polar surface area (TPSA) is 15.3 Å². The van der Waals surface area contributed by atoms with Crippen LogP contribution in [0.4, 0.5) is 8.78 Å². The highest BCUT2D eigenvalue weighted by Gasteiger charge is 2.34. The molecule has 0 aliphatic carbocycles. The van der Waals surface area contributed by atoms with Gasteiger partial charge >= 0.3 is 0 Å². The number of hydrogen-bond donors (Lipinski definition) is 1. The van der Waals surface area contributed by atoms with Crippen molar-refractivity contribution in [2.24, 2.45) is 0 Å². The normalized spacial score (nSPS) is 39.5. The Morgan fingerprint density at radius 1 is 1.18 bits per heavy atom. The van der Waals surface area contributed by atoms with E-state index < -0.39 is 18.4 Å². The monoisotopic (exact) mass is 164 g/mol. The Morgan fingerprint density at radius 2 is 1.64 bits per heavy atom. The van der Waals surface area contributed by atoms with Crippen molar-refractivity contribution in [1.29, 1.82) is 0 Å². The van der Waals surface area contributed by atoms with E-state index in [-0.39, 0.29) is 13.1 Å². The Balaban J connectivity index is 2.55. The van der Waals surface area contributed by atoms with E-state index in [9.17, 15) is 8.78 Å². The molecule has 1 heterocycles. The van der Waals surface area contributed by atoms with Gasteiger partial charge in [-0.1, -0.05) is 0 Å². The van der Waals surface area contributed by atoms with Gasteiger partial charge in [-0.3, -0.25) is 0 Å². The molecule has 0 aromatic carbocycles. The Hall–Kier alpha value is -0.220. The lowest BCUT2D eigenvalue weighted by Crippen LogP contribution is -2.55. The van der Waals surface area contributed by atoms with Gasteiger partial charge in [0.05, 0.1) is 6.04 Å². The molecule has 2 atom stereocenters. The summed E-state index contributed by atoms with van der Waals surface area (Å²) in [6.45, 7) is 0.534. The summed E-state index contributed by atoms with van der Waals surface area (Å²) in [5.41, 5.74) is 0. The van der Waals surface area contributed by atoms with Crippen LogP contribution < -0.4 is 5.32 Å². The fourth-order valence-electron chi connectivity index (χ4n) is 1.47. The second kappa shape index (κ2) is 3.45. The van der Waals surface area contributed by atoms with Crippen LogP contribution in [0.1, 0.15) is 0 Å². The molecule has 0 bridgehead atoms. The third-order valence-electron chi connectivity index (χ3n) is 2.02. The first-order valence-electron chi connectivity index (χ1n) is 3.78. The van der Waals surface area contributed by atoms with Crippen molar-refractivity contribution in [2.75, 3.05) is 27.2 Å². The molecule has 0 aromatic rings. The highest BCUT2D eigenvalue weighted by atomic mass is 19.1. The summed E-state index contributed by atoms with van der Waals surface area (Å²) in [5.74, 6) is 0. The average Bonchev–Trinajstić information content (AvgIpc) is 1.85. The molecule has 0 saturated carbocycles. The number of rotatable bonds is 1. The van der Waals surface area contributed by atoms with Crippen molar-refractivity contribution in [1.82, 2.24) is 10.2 Å². The molecular weight excluding hydrogens is 150 g/mol. The van der Waals surface area contributed by atoms with Crippen LogP contribution in [0.25, 0.3) is 0 Å². The molecule has 0 amide bonds. The van der Waals surface area contributed by atoms with Crippen molar-refractivity contribution in [3.05, 3.63) is 0 Å². The van der Waals surface area contributed by atoms with Crippen molar-refractivity contribution in [2.45, 2.75) is 18.4 Å². The molecule has 66 valence electrons. The molecule has 0 aromatic heterocycles. The molecular formula is C7H14F2N2. The van der Waals surface area contributed by atoms with Crippen molar-refractivity contribution in [3.63, 3.8) is 0 Å². The number of alkyl halides is 2. The minimum Gasteiger partial charge on any atom is -0.311 e. The van der Waals surface area contributed by atoms with Gasteiger partial charge in [0, 0.05) is 13.1 Å². The smallest absolute Gasteiger partial charge is 0.131 e. The third kappa shape index (κ3) is 1.87. The van der Waals surface area contributed by atoms with Crippen molar-refractivity contribution < 1.29 is 8.78 Å². The van der Waals surface area contributed by atoms with Gasteiger partial charge in [0.15, 0.2) is 0 Å². The van der Waals surface area contributed by atoms with Gasteiger partial charge in [0.2, 0.25) is 0 Å². The molecule has 1 fully saturated rings. The van der Waals surface area contributed by atoms with Gasteiger partial charge in [-0.2, -0.15) is 0 Å². The number of hydrogen-bond acceptors (Lipinski definition) is 2. The molecule has 0 radical (unpaired) electrons. The zero-order valence-corrected chi connectivity index (χ0v) is 6.85. The summed E-state index contributed by atoms with van der Waals surface area (Å²) in [7, 11) is 3.41. The first-order valence-corrected chi connectivity index (χ1v) is 3.78. The number of nitrogens with zero attached hydrogens (tertiary/aromatic N) is 1. The van der Waals surface area contributed by atoms with Crippen LogP contribution in [-0.4, -0.2) is 50.5 Å². The van der Waals surface area contributed by atoms with E-state index in [1.165, 1.54) is 0 Å². The van der Waals surface area contributed by atoms with Crippen LogP contribution in [-0.2, 0) is 0 Å². The zero-order chi connectivity index (χ0) is 8.43. The van der Waals surface area contributed by atoms with E-state index in [0.29, 0.717) is 0 Å². The summed E-state index contributed by atoms with van der Waals surface area (Å²) in [6, 6.07) is -0.573. The quantitative estimate of drug-likeness (QED) is 0.595. The molecule has 2 nitrogen and oxygen atoms in total. The number of halogens is 2. The van der Waals surface area contributed by atoms with E-state index in [1.807, 2.05) is 0 Å². The van der Waals surface area contributed by atoms with E-state index in [4.69, 9.17) is 0 Å². The minimum atomic E-state index is -1.09. The third-order valence-corrected chi connectivity index (χ3v) is 2.02. The maximum atomic E-state index is 13.0. The minimum absolute atomic E-state index is 0.267. The fraction of sp³-hybridized carbons (Fsp3) is 1.00. The summed E-state index contributed by atoms with van der Waals surface area (Å²) in [6.07, 6.45) is -2.18. The predicted octanol–water partition coefficient (Wildman–Crippen LogP) is 0.196. The SMILES string of the molecule is CN(C)C1C(F)CNCC1F. The van der Waals surface area contributed by atoms with E-state index in [1.54, 1.807) is 19.0 Å². The van der Waals surface area contributed by atoms with Crippen LogP contribution in [0.5, 0.6) is 0 Å². The molecule has 2 unspecified atom stereocenters. The molecule has 4 heteroatoms. The van der Waals surface area contributed by atoms with Gasteiger partial charge in [-0.25, -0.2) is 8.78 Å². The largest absolute Gasteiger partial charge is 0.311 e. The maximum Gasteiger partial charge on any atom is 0.131 e. The summed E-state index contributed by atoms with van der Waals surface area (Å²) >= 11 is 0. The highest BCUT2D eigenvalue weighted by molar-refractivity contribution is 4.90. The molecule has 1 aliphatic heterocycles. The second-order valence-corrected chi connectivity index (χ2v) is 3.14. The Kier molecular flexibility index (Phi) is 2.78. The van der Waals surface area contributed by atoms with Gasteiger partial charge < -0.3 is 10.2 Å². The molecule has 0 spiro atoms. The molecule has 1 rings (SSSR count). The Labute approximate surface area is 65.6 Å². The second-order valence-electron chi connectivity index (χ2n) is 3.14. The first kappa shape index (κ1) is 8.87. The first-order chi connectivity index (χ1) is 5.13. The molecule has 1 aliphatic rings. The Bertz CT molecular complexity index is 120. The fourth-order valence-corrected chi connectivity index (χ4v) is 1.47. The standard InChI is InChI=1S/C7H14F2N2/c1-11(2)7-5(8)3-10-4-6(7)9/h5-7,10H,3-4H2,1-2H3. The molecule has 11 heavy (non-hydrogen) atoms. The van der Waals surface area contributed by atoms with Crippen molar-refractivity contribution >= 4 is 0 Å². The Morgan fingerprint density at radius 3 is 1.91 bits per heavy atom. The summed E-state index contributed by atoms with van der Waals surface area (Å²) < 4.78 is 26.0. The van der Waals surface area contributed by atoms with Gasteiger partial charge in [-0.05, 0) is 14.1 Å². The lowest BCUT2D eigenvalue weighted by Gasteiger charge is -2.34. The maximum absolute atomic E-state index is 13.0. The summed E-state index contributed by atoms with van der Waals surface area (Å²) in [5, 5.41) is 2.69. The molecule has 1 N–H and O–H groups in total. The lowest BCUT2D eigenvalue weighted by atomic mass is 10.0. The van der Waals surface area contributed by atoms with Crippen LogP contribution >= 0.6 is 0 Å². The average molecular weight is 164 g/mol. The van der Waals surface area contributed by atoms with Gasteiger partial charge in [0.1, 0.15) is 12.3 Å². The van der Waals surface area contributed by atoms with E-state index in [0.717, 1.165) is 0 Å². The number of nitrogens with one attached hydrogen (secondary N) is 1. The van der Waals surface area contributed by atoms with Gasteiger partial charge in [0.25, 0.3) is 0 Å². The van der Waals surface area contributed by atoms with Crippen molar-refractivity contribution in [3.8, 4) is 0 Å². The highest BCUT2D eigenvalue weighted by Crippen LogP contribution is 2.15. The van der Waals surface area contributed by atoms with Crippen LogP contribution in [0.2, 0.25) is 0 Å². The van der Waals surface area contributed by atoms with E-state index >= 15 is 0 Å². The lowest BCUT2D eigenvalue weighted by molar-refractivity contribution is 0.0541. The molecule has 1 saturated heterocycles. The van der Waals surface area contributed by atoms with Gasteiger partial charge in [-0.15, -0.1) is 0 Å². The summed E-state index contributed by atoms with van der Waals surface area (Å²) in [4.78, 5) is 1.61. The number of piperidine rings is 1. The van der Waals surface area contributed by atoms with E-state index in [2.05, 4.69) is 5.32 Å². The van der Waals surface area contributed by atoms with Crippen LogP contribution in [0.3, 0.4) is 0 Å². The van der Waals surface area contributed by atoms with Crippen LogP contribution in [0.15, 0.2) is 0 Å². The zero-order valence-electron chi connectivity index (χ0n) is 6.85.